The number of benzene rings is 1. The summed E-state index contributed by atoms with van der Waals surface area (Å²) in [6.45, 7) is 1.70. The van der Waals surface area contributed by atoms with Crippen LogP contribution in [0.4, 0.5) is 0 Å². The van der Waals surface area contributed by atoms with E-state index >= 15 is 0 Å². The number of guanidine groups is 1. The Morgan fingerprint density at radius 2 is 2.11 bits per heavy atom. The first-order valence-electron chi connectivity index (χ1n) is 6.53. The molecule has 0 amide bonds. The quantitative estimate of drug-likeness (QED) is 0.421. The van der Waals surface area contributed by atoms with Gasteiger partial charge in [0.25, 0.3) is 0 Å². The first-order valence-corrected chi connectivity index (χ1v) is 7.32. The van der Waals surface area contributed by atoms with Gasteiger partial charge in [0.15, 0.2) is 5.96 Å². The molecule has 1 aliphatic rings. The second kappa shape index (κ2) is 8.79. The van der Waals surface area contributed by atoms with E-state index in [1.807, 2.05) is 12.1 Å². The summed E-state index contributed by atoms with van der Waals surface area (Å²) in [7, 11) is 0. The summed E-state index contributed by atoms with van der Waals surface area (Å²) in [6.07, 6.45) is 4.93. The predicted molar refractivity (Wildman–Crippen MR) is 95.1 cm³/mol. The summed E-state index contributed by atoms with van der Waals surface area (Å²) >= 11 is 3.54. The van der Waals surface area contributed by atoms with Crippen molar-refractivity contribution < 1.29 is 0 Å². The van der Waals surface area contributed by atoms with Crippen molar-refractivity contribution in [3.8, 4) is 0 Å². The van der Waals surface area contributed by atoms with E-state index in [1.165, 1.54) is 24.8 Å². The molecule has 1 saturated carbocycles. The summed E-state index contributed by atoms with van der Waals surface area (Å²) in [5.41, 5.74) is 7.12. The van der Waals surface area contributed by atoms with Crippen LogP contribution in [0.5, 0.6) is 0 Å². The summed E-state index contributed by atoms with van der Waals surface area (Å²) in [6, 6.07) is 8.25. The normalized spacial score (nSPS) is 15.5. The van der Waals surface area contributed by atoms with Crippen molar-refractivity contribution in [1.29, 1.82) is 0 Å². The predicted octanol–water partition coefficient (Wildman–Crippen LogP) is 3.31. The van der Waals surface area contributed by atoms with Crippen LogP contribution in [0.25, 0.3) is 0 Å². The van der Waals surface area contributed by atoms with Crippen LogP contribution in [0.15, 0.2) is 33.7 Å². The second-order valence-electron chi connectivity index (χ2n) is 4.79. The van der Waals surface area contributed by atoms with E-state index < -0.39 is 0 Å². The number of aliphatic imine (C=N–C) groups is 1. The van der Waals surface area contributed by atoms with Crippen LogP contribution in [-0.4, -0.2) is 19.0 Å². The standard InChI is InChI=1S/C14H20BrN3.HI/c15-13-7-2-1-6-12(13)8-9-17-14(16)18-10-11-4-3-5-11;/h1-2,6-7,11H,3-5,8-10H2,(H3,16,17,18);1H. The van der Waals surface area contributed by atoms with E-state index in [-0.39, 0.29) is 24.0 Å². The van der Waals surface area contributed by atoms with Gasteiger partial charge in [-0.1, -0.05) is 40.5 Å². The van der Waals surface area contributed by atoms with Crippen molar-refractivity contribution in [1.82, 2.24) is 5.32 Å². The van der Waals surface area contributed by atoms with E-state index in [9.17, 15) is 0 Å². The van der Waals surface area contributed by atoms with E-state index in [0.717, 1.165) is 29.9 Å². The minimum atomic E-state index is 0. The fourth-order valence-electron chi connectivity index (χ4n) is 1.99. The lowest BCUT2D eigenvalue weighted by atomic mass is 9.86. The molecule has 1 aliphatic carbocycles. The molecule has 3 N–H and O–H groups in total. The van der Waals surface area contributed by atoms with Crippen LogP contribution >= 0.6 is 39.9 Å². The van der Waals surface area contributed by atoms with Crippen molar-refractivity contribution >= 4 is 45.9 Å². The highest BCUT2D eigenvalue weighted by atomic mass is 127. The number of nitrogens with one attached hydrogen (secondary N) is 1. The Labute approximate surface area is 140 Å². The zero-order chi connectivity index (χ0) is 12.8. The van der Waals surface area contributed by atoms with E-state index in [4.69, 9.17) is 5.73 Å². The molecule has 1 fully saturated rings. The van der Waals surface area contributed by atoms with E-state index in [1.54, 1.807) is 0 Å². The zero-order valence-corrected chi connectivity index (χ0v) is 14.9. The van der Waals surface area contributed by atoms with Gasteiger partial charge in [-0.3, -0.25) is 4.99 Å². The molecule has 5 heteroatoms. The Hall–Kier alpha value is -0.300. The Balaban J connectivity index is 0.00000180. The molecule has 0 radical (unpaired) electrons. The SMILES string of the molecule is I.NC(=NCC1CCC1)NCCc1ccccc1Br. The minimum Gasteiger partial charge on any atom is -0.370 e. The van der Waals surface area contributed by atoms with Gasteiger partial charge in [-0.25, -0.2) is 0 Å². The molecule has 0 heterocycles. The van der Waals surface area contributed by atoms with Gasteiger partial charge in [0, 0.05) is 17.6 Å². The van der Waals surface area contributed by atoms with Crippen LogP contribution in [0.3, 0.4) is 0 Å². The summed E-state index contributed by atoms with van der Waals surface area (Å²) < 4.78 is 1.15. The molecule has 1 aromatic carbocycles. The van der Waals surface area contributed by atoms with Crippen molar-refractivity contribution in [3.63, 3.8) is 0 Å². The van der Waals surface area contributed by atoms with Gasteiger partial charge < -0.3 is 11.1 Å². The van der Waals surface area contributed by atoms with Crippen molar-refractivity contribution in [2.45, 2.75) is 25.7 Å². The smallest absolute Gasteiger partial charge is 0.188 e. The lowest BCUT2D eigenvalue weighted by Gasteiger charge is -2.23. The fourth-order valence-corrected chi connectivity index (χ4v) is 2.47. The maximum atomic E-state index is 5.83. The Bertz CT molecular complexity index is 419. The van der Waals surface area contributed by atoms with Gasteiger partial charge in [0.2, 0.25) is 0 Å². The van der Waals surface area contributed by atoms with Crippen LogP contribution in [-0.2, 0) is 6.42 Å². The monoisotopic (exact) mass is 437 g/mol. The number of nitrogens with two attached hydrogens (primary N) is 1. The van der Waals surface area contributed by atoms with Gasteiger partial charge in [-0.2, -0.15) is 0 Å². The molecule has 2 rings (SSSR count). The van der Waals surface area contributed by atoms with Crippen molar-refractivity contribution in [2.24, 2.45) is 16.6 Å². The molecule has 0 atom stereocenters. The van der Waals surface area contributed by atoms with E-state index in [0.29, 0.717) is 5.96 Å². The Morgan fingerprint density at radius 3 is 2.74 bits per heavy atom. The molecular formula is C14H21BrIN3. The third-order valence-electron chi connectivity index (χ3n) is 3.40. The summed E-state index contributed by atoms with van der Waals surface area (Å²) in [4.78, 5) is 4.37. The van der Waals surface area contributed by atoms with Crippen molar-refractivity contribution in [3.05, 3.63) is 34.3 Å². The first kappa shape index (κ1) is 16.8. The summed E-state index contributed by atoms with van der Waals surface area (Å²) in [5, 5.41) is 3.17. The molecule has 3 nitrogen and oxygen atoms in total. The van der Waals surface area contributed by atoms with Crippen LogP contribution < -0.4 is 11.1 Å². The summed E-state index contributed by atoms with van der Waals surface area (Å²) in [5.74, 6) is 1.35. The zero-order valence-electron chi connectivity index (χ0n) is 10.9. The number of hydrogen-bond donors (Lipinski definition) is 2. The average Bonchev–Trinajstić information content (AvgIpc) is 2.30. The topological polar surface area (TPSA) is 50.4 Å². The maximum absolute atomic E-state index is 5.83. The fraction of sp³-hybridized carbons (Fsp3) is 0.500. The van der Waals surface area contributed by atoms with Gasteiger partial charge >= 0.3 is 0 Å². The minimum absolute atomic E-state index is 0. The molecule has 0 aliphatic heterocycles. The highest BCUT2D eigenvalue weighted by molar-refractivity contribution is 14.0. The van der Waals surface area contributed by atoms with Gasteiger partial charge in [0.1, 0.15) is 0 Å². The molecule has 19 heavy (non-hydrogen) atoms. The van der Waals surface area contributed by atoms with Crippen LogP contribution in [0.1, 0.15) is 24.8 Å². The Morgan fingerprint density at radius 1 is 1.37 bits per heavy atom. The largest absolute Gasteiger partial charge is 0.370 e. The maximum Gasteiger partial charge on any atom is 0.188 e. The molecule has 106 valence electrons. The lowest BCUT2D eigenvalue weighted by Crippen LogP contribution is -2.34. The molecule has 0 bridgehead atoms. The molecule has 0 unspecified atom stereocenters. The van der Waals surface area contributed by atoms with Gasteiger partial charge in [-0.15, -0.1) is 24.0 Å². The molecular weight excluding hydrogens is 417 g/mol. The number of halogens is 2. The molecule has 0 saturated heterocycles. The number of rotatable bonds is 5. The molecule has 0 aromatic heterocycles. The van der Waals surface area contributed by atoms with Gasteiger partial charge in [-0.05, 0) is 36.8 Å². The molecule has 0 spiro atoms. The highest BCUT2D eigenvalue weighted by Gasteiger charge is 2.16. The van der Waals surface area contributed by atoms with Crippen molar-refractivity contribution in [2.75, 3.05) is 13.1 Å². The number of hydrogen-bond acceptors (Lipinski definition) is 1. The van der Waals surface area contributed by atoms with Crippen LogP contribution in [0.2, 0.25) is 0 Å². The lowest BCUT2D eigenvalue weighted by molar-refractivity contribution is 0.326. The first-order chi connectivity index (χ1) is 8.75. The van der Waals surface area contributed by atoms with E-state index in [2.05, 4.69) is 38.4 Å². The average molecular weight is 438 g/mol. The number of nitrogens with zero attached hydrogens (tertiary/aromatic N) is 1. The van der Waals surface area contributed by atoms with Crippen LogP contribution in [0, 0.1) is 5.92 Å². The van der Waals surface area contributed by atoms with Gasteiger partial charge in [0.05, 0.1) is 0 Å². The Kier molecular flexibility index (Phi) is 7.75. The molecule has 1 aromatic rings. The third kappa shape index (κ3) is 5.69. The highest BCUT2D eigenvalue weighted by Crippen LogP contribution is 2.26. The third-order valence-corrected chi connectivity index (χ3v) is 4.18. The second-order valence-corrected chi connectivity index (χ2v) is 5.65.